The van der Waals surface area contributed by atoms with Crippen molar-refractivity contribution in [3.63, 3.8) is 0 Å². The smallest absolute Gasteiger partial charge is 0.263 e. The van der Waals surface area contributed by atoms with Crippen LogP contribution in [0.1, 0.15) is 28.6 Å². The Morgan fingerprint density at radius 2 is 2.00 bits per heavy atom. The van der Waals surface area contributed by atoms with E-state index < -0.39 is 0 Å². The van der Waals surface area contributed by atoms with Gasteiger partial charge in [-0.05, 0) is 35.4 Å². The number of hydrogen-bond donors (Lipinski definition) is 1. The van der Waals surface area contributed by atoms with E-state index in [9.17, 15) is 9.59 Å². The summed E-state index contributed by atoms with van der Waals surface area (Å²) in [5.74, 6) is 0.688. The van der Waals surface area contributed by atoms with Crippen molar-refractivity contribution in [2.75, 3.05) is 12.4 Å². The number of anilines is 1. The molecule has 0 saturated heterocycles. The lowest BCUT2D eigenvalue weighted by Crippen LogP contribution is -2.26. The van der Waals surface area contributed by atoms with Gasteiger partial charge in [0.2, 0.25) is 5.91 Å². The van der Waals surface area contributed by atoms with Crippen molar-refractivity contribution >= 4 is 28.8 Å². The Labute approximate surface area is 140 Å². The number of rotatable bonds is 5. The SMILES string of the molecule is C[C@@H]1C[C@@H]1C(=O)Nc1ccccc1CN(C)C(=O)c1cccs1. The molecule has 23 heavy (non-hydrogen) atoms. The highest BCUT2D eigenvalue weighted by Crippen LogP contribution is 2.38. The van der Waals surface area contributed by atoms with Gasteiger partial charge in [-0.3, -0.25) is 9.59 Å². The molecule has 1 fully saturated rings. The van der Waals surface area contributed by atoms with Crippen LogP contribution < -0.4 is 5.32 Å². The summed E-state index contributed by atoms with van der Waals surface area (Å²) in [6, 6.07) is 11.4. The maximum atomic E-state index is 12.4. The molecule has 3 rings (SSSR count). The maximum Gasteiger partial charge on any atom is 0.263 e. The Bertz CT molecular complexity index is 712. The van der Waals surface area contributed by atoms with Gasteiger partial charge in [-0.2, -0.15) is 0 Å². The maximum absolute atomic E-state index is 12.4. The topological polar surface area (TPSA) is 49.4 Å². The molecular formula is C18H20N2O2S. The molecular weight excluding hydrogens is 308 g/mol. The van der Waals surface area contributed by atoms with Gasteiger partial charge in [-0.25, -0.2) is 0 Å². The Morgan fingerprint density at radius 1 is 1.26 bits per heavy atom. The van der Waals surface area contributed by atoms with E-state index in [1.165, 1.54) is 11.3 Å². The lowest BCUT2D eigenvalue weighted by molar-refractivity contribution is -0.117. The fraction of sp³-hybridized carbons (Fsp3) is 0.333. The van der Waals surface area contributed by atoms with E-state index in [1.807, 2.05) is 41.8 Å². The van der Waals surface area contributed by atoms with Crippen LogP contribution in [0, 0.1) is 11.8 Å². The van der Waals surface area contributed by atoms with Gasteiger partial charge in [0.15, 0.2) is 0 Å². The van der Waals surface area contributed by atoms with Crippen LogP contribution in [0.3, 0.4) is 0 Å². The van der Waals surface area contributed by atoms with E-state index in [0.717, 1.165) is 22.5 Å². The van der Waals surface area contributed by atoms with E-state index in [0.29, 0.717) is 12.5 Å². The number of para-hydroxylation sites is 1. The standard InChI is InChI=1S/C18H20N2O2S/c1-12-10-14(12)17(21)19-15-7-4-3-6-13(15)11-20(2)18(22)16-8-5-9-23-16/h3-9,12,14H,10-11H2,1-2H3,(H,19,21)/t12-,14+/m1/s1. The van der Waals surface area contributed by atoms with Crippen LogP contribution in [-0.2, 0) is 11.3 Å². The predicted molar refractivity (Wildman–Crippen MR) is 92.5 cm³/mol. The summed E-state index contributed by atoms with van der Waals surface area (Å²) in [5.41, 5.74) is 1.74. The zero-order valence-electron chi connectivity index (χ0n) is 13.3. The summed E-state index contributed by atoms with van der Waals surface area (Å²) in [4.78, 5) is 26.9. The van der Waals surface area contributed by atoms with Gasteiger partial charge in [-0.15, -0.1) is 11.3 Å². The molecule has 2 amide bonds. The Morgan fingerprint density at radius 3 is 2.65 bits per heavy atom. The zero-order chi connectivity index (χ0) is 16.4. The number of nitrogens with one attached hydrogen (secondary N) is 1. The summed E-state index contributed by atoms with van der Waals surface area (Å²) in [7, 11) is 1.78. The van der Waals surface area contributed by atoms with Gasteiger partial charge >= 0.3 is 0 Å². The molecule has 5 heteroatoms. The molecule has 2 atom stereocenters. The van der Waals surface area contributed by atoms with E-state index in [2.05, 4.69) is 12.2 Å². The number of hydrogen-bond acceptors (Lipinski definition) is 3. The van der Waals surface area contributed by atoms with Crippen LogP contribution in [0.25, 0.3) is 0 Å². The summed E-state index contributed by atoms with van der Waals surface area (Å²) in [6.45, 7) is 2.55. The van der Waals surface area contributed by atoms with Crippen molar-refractivity contribution in [3.05, 3.63) is 52.2 Å². The molecule has 4 nitrogen and oxygen atoms in total. The quantitative estimate of drug-likeness (QED) is 0.911. The van der Waals surface area contributed by atoms with Gasteiger partial charge in [0.05, 0.1) is 4.88 Å². The van der Waals surface area contributed by atoms with Gasteiger partial charge in [0, 0.05) is 25.2 Å². The monoisotopic (exact) mass is 328 g/mol. The second-order valence-electron chi connectivity index (χ2n) is 6.10. The van der Waals surface area contributed by atoms with E-state index >= 15 is 0 Å². The molecule has 120 valence electrons. The molecule has 0 spiro atoms. The third-order valence-corrected chi connectivity index (χ3v) is 5.07. The van der Waals surface area contributed by atoms with E-state index in [4.69, 9.17) is 0 Å². The van der Waals surface area contributed by atoms with Crippen LogP contribution in [0.4, 0.5) is 5.69 Å². The molecule has 0 radical (unpaired) electrons. The van der Waals surface area contributed by atoms with Crippen molar-refractivity contribution in [1.82, 2.24) is 4.90 Å². The van der Waals surface area contributed by atoms with Crippen molar-refractivity contribution in [2.24, 2.45) is 11.8 Å². The van der Waals surface area contributed by atoms with Crippen molar-refractivity contribution in [3.8, 4) is 0 Å². The number of nitrogens with zero attached hydrogens (tertiary/aromatic N) is 1. The third-order valence-electron chi connectivity index (χ3n) is 4.21. The first-order valence-corrected chi connectivity index (χ1v) is 8.62. The molecule has 1 heterocycles. The number of benzene rings is 1. The molecule has 1 aromatic heterocycles. The highest BCUT2D eigenvalue weighted by molar-refractivity contribution is 7.12. The minimum Gasteiger partial charge on any atom is -0.337 e. The summed E-state index contributed by atoms with van der Waals surface area (Å²) >= 11 is 1.44. The molecule has 0 bridgehead atoms. The van der Waals surface area contributed by atoms with Crippen molar-refractivity contribution < 1.29 is 9.59 Å². The van der Waals surface area contributed by atoms with Crippen LogP contribution in [0.2, 0.25) is 0 Å². The average Bonchev–Trinajstić information content (AvgIpc) is 3.04. The summed E-state index contributed by atoms with van der Waals surface area (Å²) in [6.07, 6.45) is 0.963. The normalized spacial score (nSPS) is 19.2. The van der Waals surface area contributed by atoms with Gasteiger partial charge < -0.3 is 10.2 Å². The van der Waals surface area contributed by atoms with Crippen molar-refractivity contribution in [2.45, 2.75) is 19.9 Å². The highest BCUT2D eigenvalue weighted by atomic mass is 32.1. The van der Waals surface area contributed by atoms with Gasteiger partial charge in [0.25, 0.3) is 5.91 Å². The molecule has 1 aromatic carbocycles. The Kier molecular flexibility index (Phi) is 4.48. The second kappa shape index (κ2) is 6.54. The molecule has 0 unspecified atom stereocenters. The Hall–Kier alpha value is -2.14. The first-order chi connectivity index (χ1) is 11.1. The van der Waals surface area contributed by atoms with Gasteiger partial charge in [-0.1, -0.05) is 31.2 Å². The van der Waals surface area contributed by atoms with Crippen LogP contribution in [-0.4, -0.2) is 23.8 Å². The lowest BCUT2D eigenvalue weighted by Gasteiger charge is -2.19. The minimum absolute atomic E-state index is 0.00283. The van der Waals surface area contributed by atoms with Crippen molar-refractivity contribution in [1.29, 1.82) is 0 Å². The molecule has 1 aliphatic rings. The largest absolute Gasteiger partial charge is 0.337 e. The number of carbonyl (C=O) groups is 2. The molecule has 1 saturated carbocycles. The molecule has 2 aromatic rings. The fourth-order valence-corrected chi connectivity index (χ4v) is 3.33. The molecule has 1 N–H and O–H groups in total. The number of amides is 2. The number of thiophene rings is 1. The summed E-state index contributed by atoms with van der Waals surface area (Å²) in [5, 5.41) is 4.90. The Balaban J connectivity index is 1.70. The van der Waals surface area contributed by atoms with Gasteiger partial charge in [0.1, 0.15) is 0 Å². The molecule has 0 aliphatic heterocycles. The predicted octanol–water partition coefficient (Wildman–Crippen LogP) is 3.61. The van der Waals surface area contributed by atoms with Crippen LogP contribution in [0.5, 0.6) is 0 Å². The van der Waals surface area contributed by atoms with Crippen LogP contribution in [0.15, 0.2) is 41.8 Å². The lowest BCUT2D eigenvalue weighted by atomic mass is 10.1. The van der Waals surface area contributed by atoms with E-state index in [1.54, 1.807) is 11.9 Å². The first-order valence-electron chi connectivity index (χ1n) is 7.74. The molecule has 1 aliphatic carbocycles. The minimum atomic E-state index is -0.00283. The highest BCUT2D eigenvalue weighted by Gasteiger charge is 2.39. The summed E-state index contributed by atoms with van der Waals surface area (Å²) < 4.78 is 0. The second-order valence-corrected chi connectivity index (χ2v) is 7.05. The number of carbonyl (C=O) groups excluding carboxylic acids is 2. The third kappa shape index (κ3) is 3.62. The fourth-order valence-electron chi connectivity index (χ4n) is 2.61. The first kappa shape index (κ1) is 15.7. The zero-order valence-corrected chi connectivity index (χ0v) is 14.1. The van der Waals surface area contributed by atoms with Crippen LogP contribution >= 0.6 is 11.3 Å². The van der Waals surface area contributed by atoms with E-state index in [-0.39, 0.29) is 17.7 Å². The average molecular weight is 328 g/mol.